The predicted molar refractivity (Wildman–Crippen MR) is 120 cm³/mol. The molecule has 3 unspecified atom stereocenters. The molecule has 2 aromatic carbocycles. The van der Waals surface area contributed by atoms with Gasteiger partial charge >= 0.3 is 0 Å². The largest absolute Gasteiger partial charge is 0.398 e. The summed E-state index contributed by atoms with van der Waals surface area (Å²) in [6.45, 7) is 0. The number of nitrogens with two attached hydrogens (primary N) is 1. The highest BCUT2D eigenvalue weighted by atomic mass is 16.3. The molecule has 5 heteroatoms. The van der Waals surface area contributed by atoms with Crippen molar-refractivity contribution in [2.24, 2.45) is 0 Å². The SMILES string of the molecule is Nc1ccccc1C(Nc1ccccn1)C(c1ccccn1)C(O)c1ccccc1. The molecule has 0 radical (unpaired) electrons. The van der Waals surface area contributed by atoms with Crippen LogP contribution in [0.2, 0.25) is 0 Å². The van der Waals surface area contributed by atoms with Crippen LogP contribution in [0.3, 0.4) is 0 Å². The second-order valence-corrected chi connectivity index (χ2v) is 7.10. The summed E-state index contributed by atoms with van der Waals surface area (Å²) in [6, 6.07) is 28.4. The Labute approximate surface area is 176 Å². The molecular formula is C25H24N4O. The van der Waals surface area contributed by atoms with Crippen LogP contribution in [-0.4, -0.2) is 15.1 Å². The number of aromatic nitrogens is 2. The molecule has 0 aliphatic rings. The Morgan fingerprint density at radius 3 is 2.07 bits per heavy atom. The summed E-state index contributed by atoms with van der Waals surface area (Å²) >= 11 is 0. The van der Waals surface area contributed by atoms with Crippen LogP contribution in [-0.2, 0) is 0 Å². The molecule has 0 amide bonds. The Kier molecular flexibility index (Phi) is 6.01. The maximum Gasteiger partial charge on any atom is 0.126 e. The first-order valence-electron chi connectivity index (χ1n) is 9.90. The summed E-state index contributed by atoms with van der Waals surface area (Å²) in [5.74, 6) is 0.298. The maximum atomic E-state index is 11.5. The first kappa shape index (κ1) is 19.6. The Morgan fingerprint density at radius 1 is 0.733 bits per heavy atom. The lowest BCUT2D eigenvalue weighted by molar-refractivity contribution is 0.133. The van der Waals surface area contributed by atoms with Gasteiger partial charge in [-0.05, 0) is 41.5 Å². The second-order valence-electron chi connectivity index (χ2n) is 7.10. The molecular weight excluding hydrogens is 372 g/mol. The zero-order valence-corrected chi connectivity index (χ0v) is 16.5. The van der Waals surface area contributed by atoms with E-state index in [0.29, 0.717) is 11.5 Å². The number of hydrogen-bond donors (Lipinski definition) is 3. The van der Waals surface area contributed by atoms with Crippen molar-refractivity contribution in [2.75, 3.05) is 11.1 Å². The summed E-state index contributed by atoms with van der Waals surface area (Å²) in [7, 11) is 0. The summed E-state index contributed by atoms with van der Waals surface area (Å²) in [4.78, 5) is 9.01. The fraction of sp³-hybridized carbons (Fsp3) is 0.120. The number of benzene rings is 2. The molecule has 2 heterocycles. The van der Waals surface area contributed by atoms with Gasteiger partial charge in [-0.2, -0.15) is 0 Å². The van der Waals surface area contributed by atoms with Gasteiger partial charge in [0, 0.05) is 23.8 Å². The monoisotopic (exact) mass is 396 g/mol. The highest BCUT2D eigenvalue weighted by molar-refractivity contribution is 5.53. The first-order valence-corrected chi connectivity index (χ1v) is 9.90. The topological polar surface area (TPSA) is 84.1 Å². The number of pyridine rings is 2. The summed E-state index contributed by atoms with van der Waals surface area (Å²) in [6.07, 6.45) is 2.67. The van der Waals surface area contributed by atoms with E-state index in [9.17, 15) is 5.11 Å². The molecule has 5 nitrogen and oxygen atoms in total. The lowest BCUT2D eigenvalue weighted by Gasteiger charge is -2.33. The highest BCUT2D eigenvalue weighted by Crippen LogP contribution is 2.43. The van der Waals surface area contributed by atoms with Crippen LogP contribution in [0.15, 0.2) is 103 Å². The molecule has 0 saturated carbocycles. The molecule has 3 atom stereocenters. The van der Waals surface area contributed by atoms with E-state index < -0.39 is 12.0 Å². The Morgan fingerprint density at radius 2 is 1.40 bits per heavy atom. The number of aliphatic hydroxyl groups excluding tert-OH is 1. The minimum absolute atomic E-state index is 0.355. The van der Waals surface area contributed by atoms with Gasteiger partial charge in [-0.1, -0.05) is 60.7 Å². The molecule has 4 aromatic rings. The molecule has 4 rings (SSSR count). The van der Waals surface area contributed by atoms with E-state index in [1.54, 1.807) is 12.4 Å². The van der Waals surface area contributed by atoms with Crippen LogP contribution in [0, 0.1) is 0 Å². The lowest BCUT2D eigenvalue weighted by Crippen LogP contribution is -2.27. The number of hydrogen-bond acceptors (Lipinski definition) is 5. The minimum atomic E-state index is -0.804. The number of anilines is 2. The van der Waals surface area contributed by atoms with E-state index in [1.165, 1.54) is 0 Å². The molecule has 0 bridgehead atoms. The van der Waals surface area contributed by atoms with Crippen LogP contribution in [0.1, 0.15) is 34.9 Å². The fourth-order valence-electron chi connectivity index (χ4n) is 3.71. The molecule has 30 heavy (non-hydrogen) atoms. The van der Waals surface area contributed by atoms with Crippen molar-refractivity contribution in [2.45, 2.75) is 18.1 Å². The van der Waals surface area contributed by atoms with Gasteiger partial charge in [0.15, 0.2) is 0 Å². The van der Waals surface area contributed by atoms with Gasteiger partial charge in [-0.15, -0.1) is 0 Å². The number of rotatable bonds is 7. The van der Waals surface area contributed by atoms with Crippen LogP contribution < -0.4 is 11.1 Å². The fourth-order valence-corrected chi connectivity index (χ4v) is 3.71. The average molecular weight is 396 g/mol. The Balaban J connectivity index is 1.85. The number of nitrogen functional groups attached to an aromatic ring is 1. The third-order valence-corrected chi connectivity index (χ3v) is 5.17. The van der Waals surface area contributed by atoms with Gasteiger partial charge in [0.2, 0.25) is 0 Å². The zero-order chi connectivity index (χ0) is 20.8. The van der Waals surface area contributed by atoms with E-state index in [1.807, 2.05) is 91.0 Å². The lowest BCUT2D eigenvalue weighted by atomic mass is 9.82. The van der Waals surface area contributed by atoms with E-state index in [-0.39, 0.29) is 6.04 Å². The summed E-state index contributed by atoms with van der Waals surface area (Å²) < 4.78 is 0. The minimum Gasteiger partial charge on any atom is -0.398 e. The van der Waals surface area contributed by atoms with Crippen LogP contribution in [0.5, 0.6) is 0 Å². The third kappa shape index (κ3) is 4.31. The molecule has 150 valence electrons. The normalized spacial score (nSPS) is 13.9. The number of aliphatic hydroxyl groups is 1. The van der Waals surface area contributed by atoms with Gasteiger partial charge in [0.1, 0.15) is 5.82 Å². The Hall–Kier alpha value is -3.70. The van der Waals surface area contributed by atoms with Crippen molar-refractivity contribution in [1.29, 1.82) is 0 Å². The van der Waals surface area contributed by atoms with Crippen LogP contribution in [0.4, 0.5) is 11.5 Å². The van der Waals surface area contributed by atoms with Crippen molar-refractivity contribution < 1.29 is 5.11 Å². The van der Waals surface area contributed by atoms with Gasteiger partial charge in [0.25, 0.3) is 0 Å². The first-order chi connectivity index (χ1) is 14.7. The zero-order valence-electron chi connectivity index (χ0n) is 16.5. The summed E-state index contributed by atoms with van der Waals surface area (Å²) in [5, 5.41) is 15.0. The number of nitrogens with zero attached hydrogens (tertiary/aromatic N) is 2. The van der Waals surface area contributed by atoms with E-state index in [4.69, 9.17) is 5.73 Å². The summed E-state index contributed by atoms with van der Waals surface area (Å²) in [5.41, 5.74) is 9.48. The van der Waals surface area contributed by atoms with Crippen molar-refractivity contribution in [3.05, 3.63) is 120 Å². The molecule has 4 N–H and O–H groups in total. The van der Waals surface area contributed by atoms with Gasteiger partial charge in [-0.3, -0.25) is 4.98 Å². The molecule has 0 aliphatic carbocycles. The molecule has 0 aliphatic heterocycles. The predicted octanol–water partition coefficient (Wildman–Crippen LogP) is 4.73. The average Bonchev–Trinajstić information content (AvgIpc) is 2.81. The highest BCUT2D eigenvalue weighted by Gasteiger charge is 2.34. The maximum absolute atomic E-state index is 11.5. The van der Waals surface area contributed by atoms with Gasteiger partial charge < -0.3 is 16.2 Å². The molecule has 0 spiro atoms. The van der Waals surface area contributed by atoms with Gasteiger partial charge in [-0.25, -0.2) is 4.98 Å². The molecule has 2 aromatic heterocycles. The smallest absolute Gasteiger partial charge is 0.126 e. The van der Waals surface area contributed by atoms with Crippen molar-refractivity contribution in [3.8, 4) is 0 Å². The number of nitrogens with one attached hydrogen (secondary N) is 1. The van der Waals surface area contributed by atoms with E-state index >= 15 is 0 Å². The van der Waals surface area contributed by atoms with E-state index in [0.717, 1.165) is 16.8 Å². The third-order valence-electron chi connectivity index (χ3n) is 5.17. The van der Waals surface area contributed by atoms with Crippen molar-refractivity contribution in [1.82, 2.24) is 9.97 Å². The van der Waals surface area contributed by atoms with Crippen molar-refractivity contribution in [3.63, 3.8) is 0 Å². The Bertz CT molecular complexity index is 1060. The van der Waals surface area contributed by atoms with Crippen LogP contribution >= 0.6 is 0 Å². The van der Waals surface area contributed by atoms with Gasteiger partial charge in [0.05, 0.1) is 18.1 Å². The van der Waals surface area contributed by atoms with E-state index in [2.05, 4.69) is 15.3 Å². The quantitative estimate of drug-likeness (QED) is 0.393. The second kappa shape index (κ2) is 9.20. The van der Waals surface area contributed by atoms with Crippen molar-refractivity contribution >= 4 is 11.5 Å². The van der Waals surface area contributed by atoms with Crippen LogP contribution in [0.25, 0.3) is 0 Å². The molecule has 0 saturated heterocycles. The molecule has 0 fully saturated rings. The number of para-hydroxylation sites is 1. The standard InChI is InChI=1S/C25H24N4O/c26-20-13-5-4-12-19(20)24(29-22-15-7-9-17-28-22)23(21-14-6-8-16-27-21)25(30)18-10-2-1-3-11-18/h1-17,23-25,30H,26H2,(H,28,29).